The molecule has 2 atom stereocenters. The van der Waals surface area contributed by atoms with Crippen LogP contribution in [0.4, 0.5) is 13.2 Å². The first kappa shape index (κ1) is 13.7. The number of hydrogen-bond donors (Lipinski definition) is 2. The van der Waals surface area contributed by atoms with E-state index < -0.39 is 12.7 Å². The van der Waals surface area contributed by atoms with Crippen molar-refractivity contribution in [1.82, 2.24) is 10.2 Å². The van der Waals surface area contributed by atoms with Crippen molar-refractivity contribution in [2.45, 2.75) is 25.1 Å². The van der Waals surface area contributed by atoms with E-state index in [4.69, 9.17) is 5.11 Å². The highest BCUT2D eigenvalue weighted by Gasteiger charge is 2.31. The number of likely N-dealkylation sites (tertiary alicyclic amines) is 1. The Labute approximate surface area is 93.6 Å². The van der Waals surface area contributed by atoms with Gasteiger partial charge in [-0.25, -0.2) is 0 Å². The lowest BCUT2D eigenvalue weighted by molar-refractivity contribution is -0.127. The summed E-state index contributed by atoms with van der Waals surface area (Å²) in [5.74, 6) is 0.287. The summed E-state index contributed by atoms with van der Waals surface area (Å²) in [7, 11) is 1.89. The van der Waals surface area contributed by atoms with E-state index in [1.165, 1.54) is 0 Å². The van der Waals surface area contributed by atoms with E-state index in [1.807, 2.05) is 11.9 Å². The smallest absolute Gasteiger partial charge is 0.396 e. The monoisotopic (exact) mass is 240 g/mol. The maximum absolute atomic E-state index is 12.0. The molecule has 0 saturated carbocycles. The second kappa shape index (κ2) is 5.84. The molecule has 0 radical (unpaired) electrons. The molecular weight excluding hydrogens is 221 g/mol. The largest absolute Gasteiger partial charge is 0.401 e. The molecule has 1 rings (SSSR count). The summed E-state index contributed by atoms with van der Waals surface area (Å²) in [6.07, 6.45) is -2.78. The fourth-order valence-electron chi connectivity index (χ4n) is 2.24. The van der Waals surface area contributed by atoms with E-state index >= 15 is 0 Å². The van der Waals surface area contributed by atoms with Gasteiger partial charge in [0.2, 0.25) is 0 Å². The summed E-state index contributed by atoms with van der Waals surface area (Å²) >= 11 is 0. The zero-order chi connectivity index (χ0) is 12.2. The van der Waals surface area contributed by atoms with Crippen molar-refractivity contribution in [2.24, 2.45) is 5.92 Å². The van der Waals surface area contributed by atoms with Gasteiger partial charge in [0.25, 0.3) is 0 Å². The molecule has 16 heavy (non-hydrogen) atoms. The SMILES string of the molecule is CN1CC(CCO)CC(NCC(F)(F)F)C1. The van der Waals surface area contributed by atoms with Gasteiger partial charge in [-0.3, -0.25) is 0 Å². The Bertz CT molecular complexity index is 211. The van der Waals surface area contributed by atoms with Crippen molar-refractivity contribution in [3.05, 3.63) is 0 Å². The molecular formula is C10H19F3N2O. The molecule has 96 valence electrons. The molecule has 1 aliphatic rings. The summed E-state index contributed by atoms with van der Waals surface area (Å²) in [6, 6.07) is -0.128. The number of hydrogen-bond acceptors (Lipinski definition) is 3. The number of nitrogens with one attached hydrogen (secondary N) is 1. The van der Waals surface area contributed by atoms with Gasteiger partial charge in [-0.15, -0.1) is 0 Å². The van der Waals surface area contributed by atoms with Gasteiger partial charge < -0.3 is 15.3 Å². The molecule has 0 aliphatic carbocycles. The maximum atomic E-state index is 12.0. The molecule has 6 heteroatoms. The Kier molecular flexibility index (Phi) is 5.01. The molecule has 2 unspecified atom stereocenters. The third-order valence-electron chi connectivity index (χ3n) is 2.85. The Morgan fingerprint density at radius 1 is 1.38 bits per heavy atom. The molecule has 0 spiro atoms. The van der Waals surface area contributed by atoms with E-state index in [1.54, 1.807) is 0 Å². The van der Waals surface area contributed by atoms with Crippen molar-refractivity contribution in [3.63, 3.8) is 0 Å². The quantitative estimate of drug-likeness (QED) is 0.764. The highest BCUT2D eigenvalue weighted by Crippen LogP contribution is 2.20. The number of piperidine rings is 1. The first-order valence-corrected chi connectivity index (χ1v) is 5.50. The van der Waals surface area contributed by atoms with Gasteiger partial charge in [0.15, 0.2) is 0 Å². The number of aliphatic hydroxyl groups is 1. The van der Waals surface area contributed by atoms with Crippen molar-refractivity contribution in [2.75, 3.05) is 33.3 Å². The molecule has 0 aromatic heterocycles. The average molecular weight is 240 g/mol. The third-order valence-corrected chi connectivity index (χ3v) is 2.85. The van der Waals surface area contributed by atoms with Crippen LogP contribution >= 0.6 is 0 Å². The Morgan fingerprint density at radius 2 is 2.06 bits per heavy atom. The molecule has 2 N–H and O–H groups in total. The molecule has 1 heterocycles. The number of likely N-dealkylation sites (N-methyl/N-ethyl adjacent to an activating group) is 1. The average Bonchev–Trinajstić information content (AvgIpc) is 2.13. The first-order chi connectivity index (χ1) is 7.40. The predicted octanol–water partition coefficient (Wildman–Crippen LogP) is 0.841. The van der Waals surface area contributed by atoms with Crippen LogP contribution in [0.5, 0.6) is 0 Å². The summed E-state index contributed by atoms with van der Waals surface area (Å²) in [5.41, 5.74) is 0. The van der Waals surface area contributed by atoms with Crippen molar-refractivity contribution >= 4 is 0 Å². The van der Waals surface area contributed by atoms with Gasteiger partial charge in [0.1, 0.15) is 0 Å². The Hall–Kier alpha value is -0.330. The van der Waals surface area contributed by atoms with Gasteiger partial charge in [0, 0.05) is 25.7 Å². The third kappa shape index (κ3) is 5.14. The summed E-state index contributed by atoms with van der Waals surface area (Å²) in [6.45, 7) is 0.657. The number of nitrogens with zero attached hydrogens (tertiary/aromatic N) is 1. The molecule has 0 bridgehead atoms. The van der Waals surface area contributed by atoms with Crippen molar-refractivity contribution in [3.8, 4) is 0 Å². The van der Waals surface area contributed by atoms with E-state index in [9.17, 15) is 13.2 Å². The van der Waals surface area contributed by atoms with Crippen LogP contribution in [-0.2, 0) is 0 Å². The molecule has 1 aliphatic heterocycles. The van der Waals surface area contributed by atoms with Gasteiger partial charge in [-0.05, 0) is 25.8 Å². The normalized spacial score (nSPS) is 28.3. The summed E-state index contributed by atoms with van der Waals surface area (Å²) in [4.78, 5) is 2.01. The molecule has 1 saturated heterocycles. The van der Waals surface area contributed by atoms with Crippen LogP contribution in [0.1, 0.15) is 12.8 Å². The highest BCUT2D eigenvalue weighted by molar-refractivity contribution is 4.82. The van der Waals surface area contributed by atoms with Crippen molar-refractivity contribution < 1.29 is 18.3 Å². The molecule has 0 amide bonds. The lowest BCUT2D eigenvalue weighted by Crippen LogP contribution is -2.49. The van der Waals surface area contributed by atoms with Crippen LogP contribution in [0.3, 0.4) is 0 Å². The fourth-order valence-corrected chi connectivity index (χ4v) is 2.24. The van der Waals surface area contributed by atoms with E-state index in [0.29, 0.717) is 19.4 Å². The number of halogens is 3. The summed E-state index contributed by atoms with van der Waals surface area (Å²) < 4.78 is 36.1. The van der Waals surface area contributed by atoms with E-state index in [2.05, 4.69) is 5.32 Å². The fraction of sp³-hybridized carbons (Fsp3) is 1.00. The Morgan fingerprint density at radius 3 is 2.62 bits per heavy atom. The highest BCUT2D eigenvalue weighted by atomic mass is 19.4. The van der Waals surface area contributed by atoms with Crippen molar-refractivity contribution in [1.29, 1.82) is 0 Å². The van der Waals surface area contributed by atoms with Crippen LogP contribution in [0.15, 0.2) is 0 Å². The standard InChI is InChI=1S/C10H19F3N2O/c1-15-5-8(2-3-16)4-9(6-15)14-7-10(11,12)13/h8-9,14,16H,2-7H2,1H3. The van der Waals surface area contributed by atoms with E-state index in [-0.39, 0.29) is 18.6 Å². The molecule has 3 nitrogen and oxygen atoms in total. The first-order valence-electron chi connectivity index (χ1n) is 5.50. The lowest BCUT2D eigenvalue weighted by atomic mass is 9.92. The molecule has 0 aromatic rings. The van der Waals surface area contributed by atoms with Crippen LogP contribution in [0.2, 0.25) is 0 Å². The zero-order valence-electron chi connectivity index (χ0n) is 9.43. The van der Waals surface area contributed by atoms with Crippen LogP contribution in [0.25, 0.3) is 0 Å². The second-order valence-corrected chi connectivity index (χ2v) is 4.53. The molecule has 0 aromatic carbocycles. The number of aliphatic hydroxyl groups excluding tert-OH is 1. The van der Waals surface area contributed by atoms with Crippen LogP contribution in [-0.4, -0.2) is 55.5 Å². The zero-order valence-corrected chi connectivity index (χ0v) is 9.43. The topological polar surface area (TPSA) is 35.5 Å². The van der Waals surface area contributed by atoms with Crippen LogP contribution in [0, 0.1) is 5.92 Å². The minimum Gasteiger partial charge on any atom is -0.396 e. The van der Waals surface area contributed by atoms with Crippen LogP contribution < -0.4 is 5.32 Å². The van der Waals surface area contributed by atoms with Gasteiger partial charge in [-0.1, -0.05) is 0 Å². The van der Waals surface area contributed by atoms with Gasteiger partial charge in [-0.2, -0.15) is 13.2 Å². The predicted molar refractivity (Wildman–Crippen MR) is 55.2 cm³/mol. The Balaban J connectivity index is 2.35. The number of alkyl halides is 3. The van der Waals surface area contributed by atoms with E-state index in [0.717, 1.165) is 6.54 Å². The maximum Gasteiger partial charge on any atom is 0.401 e. The minimum atomic E-state index is -4.15. The van der Waals surface area contributed by atoms with Gasteiger partial charge in [0.05, 0.1) is 6.54 Å². The minimum absolute atomic E-state index is 0.102. The molecule has 1 fully saturated rings. The summed E-state index contributed by atoms with van der Waals surface area (Å²) in [5, 5.41) is 11.4. The number of rotatable bonds is 4. The second-order valence-electron chi connectivity index (χ2n) is 4.53. The lowest BCUT2D eigenvalue weighted by Gasteiger charge is -2.36. The van der Waals surface area contributed by atoms with Gasteiger partial charge >= 0.3 is 6.18 Å².